The largest absolute Gasteiger partial charge is 0.300 e. The fourth-order valence-electron chi connectivity index (χ4n) is 0.570. The molecule has 48 valence electrons. The van der Waals surface area contributed by atoms with E-state index in [0.717, 1.165) is 0 Å². The average Bonchev–Trinajstić information content (AvgIpc) is 1.90. The quantitative estimate of drug-likeness (QED) is 0.421. The predicted molar refractivity (Wildman–Crippen MR) is 52.7 cm³/mol. The van der Waals surface area contributed by atoms with Gasteiger partial charge in [-0.2, -0.15) is 0 Å². The van der Waals surface area contributed by atoms with Crippen LogP contribution in [0.4, 0.5) is 5.69 Å². The SMILES string of the molecule is PN(I)c1ccccc1. The summed E-state index contributed by atoms with van der Waals surface area (Å²) in [7, 11) is 2.59. The topological polar surface area (TPSA) is 3.24 Å². The van der Waals surface area contributed by atoms with Crippen molar-refractivity contribution in [3.05, 3.63) is 30.3 Å². The Kier molecular flexibility index (Phi) is 2.73. The summed E-state index contributed by atoms with van der Waals surface area (Å²) in [5.41, 5.74) is 1.20. The third-order valence-electron chi connectivity index (χ3n) is 1.00. The van der Waals surface area contributed by atoms with Crippen LogP contribution in [-0.4, -0.2) is 0 Å². The number of anilines is 1. The van der Waals surface area contributed by atoms with Crippen molar-refractivity contribution in [3.8, 4) is 0 Å². The molecule has 1 aromatic rings. The van der Waals surface area contributed by atoms with Gasteiger partial charge >= 0.3 is 0 Å². The molecule has 0 radical (unpaired) electrons. The lowest BCUT2D eigenvalue weighted by molar-refractivity contribution is 1.64. The van der Waals surface area contributed by atoms with Crippen LogP contribution in [-0.2, 0) is 0 Å². The standard InChI is InChI=1S/C6H7INP/c7-8(9)6-4-2-1-3-5-6/h1-5H,9H2. The van der Waals surface area contributed by atoms with Crippen molar-refractivity contribution in [2.24, 2.45) is 0 Å². The number of benzene rings is 1. The van der Waals surface area contributed by atoms with Crippen LogP contribution in [0.5, 0.6) is 0 Å². The molecule has 0 heterocycles. The van der Waals surface area contributed by atoms with Gasteiger partial charge in [-0.15, -0.1) is 0 Å². The Morgan fingerprint density at radius 2 is 1.78 bits per heavy atom. The van der Waals surface area contributed by atoms with Gasteiger partial charge in [-0.05, 0) is 21.5 Å². The van der Waals surface area contributed by atoms with E-state index in [1.54, 1.807) is 0 Å². The maximum atomic E-state index is 2.59. The first kappa shape index (κ1) is 7.29. The lowest BCUT2D eigenvalue weighted by atomic mass is 10.3. The van der Waals surface area contributed by atoms with Gasteiger partial charge in [-0.1, -0.05) is 18.2 Å². The Balaban J connectivity index is 2.85. The Morgan fingerprint density at radius 1 is 1.22 bits per heavy atom. The van der Waals surface area contributed by atoms with E-state index in [0.29, 0.717) is 0 Å². The van der Waals surface area contributed by atoms with E-state index in [1.165, 1.54) is 5.69 Å². The third kappa shape index (κ3) is 2.11. The first-order valence-corrected chi connectivity index (χ1v) is 4.04. The molecule has 0 fully saturated rings. The van der Waals surface area contributed by atoms with Gasteiger partial charge in [0, 0.05) is 5.69 Å². The fourth-order valence-corrected chi connectivity index (χ4v) is 1.06. The second kappa shape index (κ2) is 3.37. The zero-order valence-corrected chi connectivity index (χ0v) is 8.10. The number of halogens is 1. The monoisotopic (exact) mass is 251 g/mol. The normalized spacial score (nSPS) is 9.11. The van der Waals surface area contributed by atoms with Crippen molar-refractivity contribution in [1.82, 2.24) is 0 Å². The van der Waals surface area contributed by atoms with Gasteiger partial charge in [0.15, 0.2) is 0 Å². The Morgan fingerprint density at radius 3 is 2.11 bits per heavy atom. The minimum absolute atomic E-state index is 1.20. The van der Waals surface area contributed by atoms with Gasteiger partial charge in [0.25, 0.3) is 0 Å². The van der Waals surface area contributed by atoms with Crippen LogP contribution in [0.15, 0.2) is 30.3 Å². The van der Waals surface area contributed by atoms with Crippen LogP contribution in [0.3, 0.4) is 0 Å². The number of hydrogen-bond acceptors (Lipinski definition) is 1. The van der Waals surface area contributed by atoms with E-state index in [-0.39, 0.29) is 0 Å². The molecule has 0 saturated heterocycles. The lowest BCUT2D eigenvalue weighted by Crippen LogP contribution is -1.86. The van der Waals surface area contributed by atoms with Crippen molar-refractivity contribution in [1.29, 1.82) is 0 Å². The van der Waals surface area contributed by atoms with Crippen LogP contribution in [0.2, 0.25) is 0 Å². The van der Waals surface area contributed by atoms with E-state index in [9.17, 15) is 0 Å². The summed E-state index contributed by atoms with van der Waals surface area (Å²) < 4.78 is 1.97. The van der Waals surface area contributed by atoms with Gasteiger partial charge < -0.3 is 0 Å². The van der Waals surface area contributed by atoms with Crippen molar-refractivity contribution in [2.75, 3.05) is 2.88 Å². The molecule has 1 atom stereocenters. The van der Waals surface area contributed by atoms with E-state index >= 15 is 0 Å². The summed E-state index contributed by atoms with van der Waals surface area (Å²) in [5, 5.41) is 0. The second-order valence-electron chi connectivity index (χ2n) is 1.65. The molecule has 0 amide bonds. The molecular formula is C6H7INP. The molecule has 3 heteroatoms. The summed E-state index contributed by atoms with van der Waals surface area (Å²) in [6.07, 6.45) is 0. The van der Waals surface area contributed by atoms with Gasteiger partial charge in [0.2, 0.25) is 0 Å². The highest BCUT2D eigenvalue weighted by molar-refractivity contribution is 14.1. The molecule has 0 aliphatic carbocycles. The summed E-state index contributed by atoms with van der Waals surface area (Å²) >= 11 is 2.20. The van der Waals surface area contributed by atoms with Gasteiger partial charge in [0.1, 0.15) is 0 Å². The van der Waals surface area contributed by atoms with Crippen molar-refractivity contribution < 1.29 is 0 Å². The first-order chi connectivity index (χ1) is 4.30. The molecule has 0 spiro atoms. The van der Waals surface area contributed by atoms with E-state index in [4.69, 9.17) is 0 Å². The highest BCUT2D eigenvalue weighted by Crippen LogP contribution is 2.20. The summed E-state index contributed by atoms with van der Waals surface area (Å²) in [5.74, 6) is 0. The molecule has 1 aromatic carbocycles. The molecular weight excluding hydrogens is 244 g/mol. The number of para-hydroxylation sites is 1. The minimum atomic E-state index is 1.20. The summed E-state index contributed by atoms with van der Waals surface area (Å²) in [6, 6.07) is 10.2. The Hall–Kier alpha value is 0.180. The van der Waals surface area contributed by atoms with E-state index in [2.05, 4.69) is 44.4 Å². The van der Waals surface area contributed by atoms with Crippen molar-refractivity contribution >= 4 is 37.9 Å². The van der Waals surface area contributed by atoms with E-state index in [1.807, 2.05) is 21.1 Å². The maximum Gasteiger partial charge on any atom is 0.0625 e. The summed E-state index contributed by atoms with van der Waals surface area (Å²) in [6.45, 7) is 0. The molecule has 0 aliphatic rings. The molecule has 0 saturated carbocycles. The third-order valence-corrected chi connectivity index (χ3v) is 1.86. The first-order valence-electron chi connectivity index (χ1n) is 2.56. The molecule has 1 unspecified atom stereocenters. The molecule has 1 nitrogen and oxygen atoms in total. The summed E-state index contributed by atoms with van der Waals surface area (Å²) in [4.78, 5) is 0. The van der Waals surface area contributed by atoms with Crippen LogP contribution < -0.4 is 2.88 Å². The van der Waals surface area contributed by atoms with Crippen molar-refractivity contribution in [3.63, 3.8) is 0 Å². The van der Waals surface area contributed by atoms with Crippen molar-refractivity contribution in [2.45, 2.75) is 0 Å². The highest BCUT2D eigenvalue weighted by Gasteiger charge is 1.90. The lowest BCUT2D eigenvalue weighted by Gasteiger charge is -2.06. The van der Waals surface area contributed by atoms with Crippen LogP contribution in [0, 0.1) is 0 Å². The number of nitrogens with zero attached hydrogens (tertiary/aromatic N) is 1. The Bertz CT molecular complexity index is 176. The number of rotatable bonds is 1. The molecule has 0 N–H and O–H groups in total. The average molecular weight is 251 g/mol. The second-order valence-corrected chi connectivity index (χ2v) is 4.25. The minimum Gasteiger partial charge on any atom is -0.300 e. The highest BCUT2D eigenvalue weighted by atomic mass is 127. The van der Waals surface area contributed by atoms with Crippen LogP contribution >= 0.6 is 32.3 Å². The zero-order chi connectivity index (χ0) is 6.69. The Labute approximate surface area is 71.2 Å². The smallest absolute Gasteiger partial charge is 0.0625 e. The fraction of sp³-hybridized carbons (Fsp3) is 0. The molecule has 0 bridgehead atoms. The van der Waals surface area contributed by atoms with Gasteiger partial charge in [-0.3, -0.25) is 2.88 Å². The maximum absolute atomic E-state index is 2.59. The van der Waals surface area contributed by atoms with E-state index < -0.39 is 0 Å². The van der Waals surface area contributed by atoms with Gasteiger partial charge in [0.05, 0.1) is 22.9 Å². The molecule has 0 aromatic heterocycles. The van der Waals surface area contributed by atoms with Crippen LogP contribution in [0.25, 0.3) is 0 Å². The van der Waals surface area contributed by atoms with Crippen LogP contribution in [0.1, 0.15) is 0 Å². The van der Waals surface area contributed by atoms with Gasteiger partial charge in [-0.25, -0.2) is 0 Å². The molecule has 1 rings (SSSR count). The molecule has 0 aliphatic heterocycles. The zero-order valence-electron chi connectivity index (χ0n) is 4.79. The number of hydrogen-bond donors (Lipinski definition) is 0. The predicted octanol–water partition coefficient (Wildman–Crippen LogP) is 2.63. The molecule has 9 heavy (non-hydrogen) atoms.